The number of amides is 1. The number of likely N-dealkylation sites (tertiary alicyclic amines) is 2. The van der Waals surface area contributed by atoms with Crippen molar-refractivity contribution in [3.05, 3.63) is 95.1 Å². The Hall–Kier alpha value is -3.60. The maximum Gasteiger partial charge on any atom is 0.303 e. The fourth-order valence-corrected chi connectivity index (χ4v) is 7.65. The van der Waals surface area contributed by atoms with Crippen molar-refractivity contribution < 1.29 is 29.3 Å². The normalized spacial score (nSPS) is 22.9. The predicted molar refractivity (Wildman–Crippen MR) is 193 cm³/mol. The maximum atomic E-state index is 12.4. The molecule has 50 heavy (non-hydrogen) atoms. The highest BCUT2D eigenvalue weighted by Crippen LogP contribution is 2.39. The summed E-state index contributed by atoms with van der Waals surface area (Å²) >= 11 is 0. The molecule has 0 aliphatic carbocycles. The van der Waals surface area contributed by atoms with Crippen LogP contribution in [0.25, 0.3) is 11.1 Å². The first-order valence-corrected chi connectivity index (χ1v) is 18.6. The van der Waals surface area contributed by atoms with E-state index in [0.29, 0.717) is 31.8 Å². The van der Waals surface area contributed by atoms with E-state index in [9.17, 15) is 14.7 Å². The second-order valence-electron chi connectivity index (χ2n) is 14.2. The first-order chi connectivity index (χ1) is 24.4. The number of benzene rings is 3. The summed E-state index contributed by atoms with van der Waals surface area (Å²) < 4.78 is 13.5. The Kier molecular flexibility index (Phi) is 13.1. The van der Waals surface area contributed by atoms with Gasteiger partial charge in [0.1, 0.15) is 0 Å². The average Bonchev–Trinajstić information content (AvgIpc) is 3.83. The summed E-state index contributed by atoms with van der Waals surface area (Å²) in [5.74, 6) is -0.818. The number of carbonyl (C=O) groups excluding carboxylic acids is 1. The minimum Gasteiger partial charge on any atom is -0.481 e. The number of hydrogen-bond donors (Lipinski definition) is 3. The van der Waals surface area contributed by atoms with Crippen molar-refractivity contribution in [2.24, 2.45) is 0 Å². The van der Waals surface area contributed by atoms with Gasteiger partial charge in [-0.1, -0.05) is 67.1 Å². The summed E-state index contributed by atoms with van der Waals surface area (Å²) in [7, 11) is 0. The first kappa shape index (κ1) is 36.2. The maximum absolute atomic E-state index is 12.4. The van der Waals surface area contributed by atoms with E-state index < -0.39 is 12.3 Å². The van der Waals surface area contributed by atoms with Crippen LogP contribution in [0.1, 0.15) is 98.9 Å². The molecule has 3 aliphatic rings. The molecule has 0 bridgehead atoms. The summed E-state index contributed by atoms with van der Waals surface area (Å²) in [5, 5.41) is 21.4. The molecule has 268 valence electrons. The van der Waals surface area contributed by atoms with Crippen molar-refractivity contribution in [3.63, 3.8) is 0 Å². The van der Waals surface area contributed by atoms with Gasteiger partial charge in [0.15, 0.2) is 6.29 Å². The van der Waals surface area contributed by atoms with Crippen molar-refractivity contribution in [2.75, 3.05) is 32.7 Å². The molecule has 3 fully saturated rings. The van der Waals surface area contributed by atoms with Crippen LogP contribution >= 0.6 is 0 Å². The van der Waals surface area contributed by atoms with Crippen LogP contribution in [-0.4, -0.2) is 76.8 Å². The number of unbranched alkanes of at least 4 members (excludes halogenated alkanes) is 2. The molecule has 0 saturated carbocycles. The largest absolute Gasteiger partial charge is 0.481 e. The van der Waals surface area contributed by atoms with Crippen molar-refractivity contribution in [3.8, 4) is 11.1 Å². The Balaban J connectivity index is 1.13. The van der Waals surface area contributed by atoms with Gasteiger partial charge in [0.2, 0.25) is 5.91 Å². The lowest BCUT2D eigenvalue weighted by Gasteiger charge is -2.39. The highest BCUT2D eigenvalue weighted by molar-refractivity contribution is 5.76. The van der Waals surface area contributed by atoms with Crippen LogP contribution in [0.3, 0.4) is 0 Å². The number of carboxylic acid groups (broad SMARTS) is 1. The van der Waals surface area contributed by atoms with Crippen LogP contribution in [0.4, 0.5) is 0 Å². The molecule has 4 atom stereocenters. The third-order valence-electron chi connectivity index (χ3n) is 10.4. The van der Waals surface area contributed by atoms with Gasteiger partial charge in [-0.05, 0) is 98.1 Å². The quantitative estimate of drug-likeness (QED) is 0.145. The van der Waals surface area contributed by atoms with Crippen LogP contribution in [0, 0.1) is 0 Å². The van der Waals surface area contributed by atoms with Gasteiger partial charge in [-0.25, -0.2) is 0 Å². The number of carbonyl (C=O) groups is 2. The fraction of sp³-hybridized carbons (Fsp3) is 0.512. The molecule has 1 amide bonds. The van der Waals surface area contributed by atoms with Crippen molar-refractivity contribution in [2.45, 2.75) is 102 Å². The van der Waals surface area contributed by atoms with Gasteiger partial charge in [0.05, 0.1) is 18.8 Å². The zero-order valence-corrected chi connectivity index (χ0v) is 29.2. The van der Waals surface area contributed by atoms with E-state index in [0.717, 1.165) is 65.9 Å². The van der Waals surface area contributed by atoms with Gasteiger partial charge in [-0.2, -0.15) is 0 Å². The summed E-state index contributed by atoms with van der Waals surface area (Å²) in [6.45, 7) is 6.04. The zero-order chi connectivity index (χ0) is 34.7. The number of aliphatic hydroxyl groups excluding tert-OH is 1. The molecule has 0 spiro atoms. The number of nitrogens with zero attached hydrogens (tertiary/aromatic N) is 2. The number of aliphatic carboxylic acids is 1. The molecule has 3 aliphatic heterocycles. The number of rotatable bonds is 16. The second-order valence-corrected chi connectivity index (χ2v) is 14.2. The molecule has 0 unspecified atom stereocenters. The zero-order valence-electron chi connectivity index (χ0n) is 29.2. The smallest absolute Gasteiger partial charge is 0.303 e. The molecule has 3 heterocycles. The lowest BCUT2D eigenvalue weighted by molar-refractivity contribution is -0.253. The minimum atomic E-state index is -0.795. The molecule has 0 aromatic heterocycles. The molecule has 9 nitrogen and oxygen atoms in total. The van der Waals surface area contributed by atoms with E-state index in [1.807, 2.05) is 24.3 Å². The van der Waals surface area contributed by atoms with Crippen LogP contribution < -0.4 is 5.32 Å². The Labute approximate surface area is 296 Å². The van der Waals surface area contributed by atoms with Crippen LogP contribution in [0.5, 0.6) is 0 Å². The fourth-order valence-electron chi connectivity index (χ4n) is 7.65. The Morgan fingerprint density at radius 3 is 2.32 bits per heavy atom. The van der Waals surface area contributed by atoms with Crippen molar-refractivity contribution >= 4 is 11.9 Å². The van der Waals surface area contributed by atoms with Crippen molar-refractivity contribution in [1.29, 1.82) is 0 Å². The van der Waals surface area contributed by atoms with Crippen LogP contribution in [0.2, 0.25) is 0 Å². The highest BCUT2D eigenvalue weighted by atomic mass is 16.7. The monoisotopic (exact) mass is 683 g/mol. The molecule has 9 heteroatoms. The van der Waals surface area contributed by atoms with E-state index >= 15 is 0 Å². The SMILES string of the molecule is O=C(O)CCCCCC(=O)NCc1cccc(-c2cccc([C@H]3O[C@@H](CN4CCC[C@H]4CN4CCCC4)C[C@@H](c4ccc(CO)cc4)O3)c2)c1. The van der Waals surface area contributed by atoms with Gasteiger partial charge in [0.25, 0.3) is 0 Å². The third-order valence-corrected chi connectivity index (χ3v) is 10.4. The molecule has 3 aromatic carbocycles. The molecular weight excluding hydrogens is 630 g/mol. The van der Waals surface area contributed by atoms with Gasteiger partial charge >= 0.3 is 5.97 Å². The summed E-state index contributed by atoms with van der Waals surface area (Å²) in [5.41, 5.74) is 6.08. The van der Waals surface area contributed by atoms with E-state index in [1.54, 1.807) is 0 Å². The number of aliphatic hydroxyl groups is 1. The van der Waals surface area contributed by atoms with E-state index in [4.69, 9.17) is 14.6 Å². The van der Waals surface area contributed by atoms with Crippen LogP contribution in [0.15, 0.2) is 72.8 Å². The summed E-state index contributed by atoms with van der Waals surface area (Å²) in [6, 6.07) is 25.3. The highest BCUT2D eigenvalue weighted by Gasteiger charge is 2.36. The average molecular weight is 684 g/mol. The Bertz CT molecular complexity index is 1540. The minimum absolute atomic E-state index is 0.0169. The molecule has 3 N–H and O–H groups in total. The number of nitrogens with one attached hydrogen (secondary N) is 1. The lowest BCUT2D eigenvalue weighted by atomic mass is 9.98. The Morgan fingerprint density at radius 2 is 1.54 bits per heavy atom. The van der Waals surface area contributed by atoms with Crippen LogP contribution in [-0.2, 0) is 32.2 Å². The molecule has 3 saturated heterocycles. The number of ether oxygens (including phenoxy) is 2. The predicted octanol–water partition coefficient (Wildman–Crippen LogP) is 6.60. The topological polar surface area (TPSA) is 112 Å². The lowest BCUT2D eigenvalue weighted by Crippen LogP contribution is -2.45. The third kappa shape index (κ3) is 10.2. The standard InChI is InChI=1S/C41H53N3O6/c45-29-30-16-18-32(19-17-30)38-25-37(28-44-22-8-13-36(44)27-43-20-4-5-21-43)49-41(50-38)35-12-7-11-34(24-35)33-10-6-9-31(23-33)26-42-39(46)14-2-1-3-15-40(47)48/h6-7,9-12,16-19,23-24,36-38,41,45H,1-5,8,13-15,20-22,25-29H2,(H,42,46)(H,47,48)/t36-,37+,38-,41-/m0/s1. The number of carboxylic acids is 1. The summed E-state index contributed by atoms with van der Waals surface area (Å²) in [4.78, 5) is 28.4. The van der Waals surface area contributed by atoms with Crippen molar-refractivity contribution in [1.82, 2.24) is 15.1 Å². The van der Waals surface area contributed by atoms with E-state index in [2.05, 4.69) is 63.6 Å². The second kappa shape index (κ2) is 18.1. The van der Waals surface area contributed by atoms with Gasteiger partial charge in [0, 0.05) is 50.5 Å². The first-order valence-electron chi connectivity index (χ1n) is 18.6. The Morgan fingerprint density at radius 1 is 0.780 bits per heavy atom. The van der Waals surface area contributed by atoms with Gasteiger partial charge in [-0.15, -0.1) is 0 Å². The molecule has 0 radical (unpaired) electrons. The summed E-state index contributed by atoms with van der Waals surface area (Å²) in [6.07, 6.45) is 7.80. The molecular formula is C41H53N3O6. The molecule has 3 aromatic rings. The van der Waals surface area contributed by atoms with Gasteiger partial charge < -0.3 is 29.9 Å². The molecule has 6 rings (SSSR count). The van der Waals surface area contributed by atoms with E-state index in [-0.39, 0.29) is 31.1 Å². The number of hydrogen-bond acceptors (Lipinski definition) is 7. The van der Waals surface area contributed by atoms with Gasteiger partial charge in [-0.3, -0.25) is 14.5 Å². The van der Waals surface area contributed by atoms with E-state index in [1.165, 1.54) is 38.8 Å².